The standard InChI is InChI=1S/C21H22N10O7S3/c22-20-24-15(27-41-20)12(26-38-10-3-1-2-4-10)16(34)23-13-17(35)31-14(19(36)37)9(7-39-18(13)31)8-40-21-25-28-29-30(21)6-5-11(32)33/h1,3,10,13,18H,2,4-8H2,(H,23,34)(H,32,33)(H,36,37)(H2,22,24,27)/t10?,13?,18-/m0/s1. The molecule has 17 nitrogen and oxygen atoms in total. The minimum atomic E-state index is -1.29. The van der Waals surface area contributed by atoms with Gasteiger partial charge in [-0.15, -0.1) is 16.9 Å². The molecule has 20 heteroatoms. The molecule has 2 aromatic heterocycles. The van der Waals surface area contributed by atoms with Crippen LogP contribution in [0, 0.1) is 0 Å². The van der Waals surface area contributed by atoms with E-state index in [1.807, 2.05) is 12.2 Å². The summed E-state index contributed by atoms with van der Waals surface area (Å²) in [5.41, 5.74) is 5.70. The molecule has 2 aliphatic heterocycles. The first-order valence-corrected chi connectivity index (χ1v) is 14.9. The van der Waals surface area contributed by atoms with E-state index in [0.29, 0.717) is 17.2 Å². The molecule has 0 spiro atoms. The van der Waals surface area contributed by atoms with Crippen molar-refractivity contribution in [3.63, 3.8) is 0 Å². The number of hydrogen-bond donors (Lipinski definition) is 4. The summed E-state index contributed by atoms with van der Waals surface area (Å²) < 4.78 is 5.35. The summed E-state index contributed by atoms with van der Waals surface area (Å²) in [6, 6.07) is -1.02. The predicted octanol–water partition coefficient (Wildman–Crippen LogP) is -0.448. The molecule has 1 fully saturated rings. The van der Waals surface area contributed by atoms with Crippen molar-refractivity contribution in [3.05, 3.63) is 29.2 Å². The van der Waals surface area contributed by atoms with Gasteiger partial charge in [-0.3, -0.25) is 19.3 Å². The van der Waals surface area contributed by atoms with Crippen molar-refractivity contribution in [1.82, 2.24) is 39.8 Å². The van der Waals surface area contributed by atoms with E-state index in [1.165, 1.54) is 16.4 Å². The zero-order valence-electron chi connectivity index (χ0n) is 20.9. The highest BCUT2D eigenvalue weighted by Crippen LogP contribution is 2.41. The van der Waals surface area contributed by atoms with Crippen molar-refractivity contribution in [2.24, 2.45) is 5.16 Å². The number of carbonyl (C=O) groups excluding carboxylic acids is 2. The van der Waals surface area contributed by atoms with Crippen LogP contribution < -0.4 is 11.1 Å². The third kappa shape index (κ3) is 6.17. The summed E-state index contributed by atoms with van der Waals surface area (Å²) in [7, 11) is 0. The SMILES string of the molecule is Nc1nc(C(=NOC2C=CCC2)C(=O)NC2C(=O)N3C(C(=O)O)=C(CSc4nnnn4CCC(=O)O)CS[C@@H]23)ns1. The molecular weight excluding hydrogens is 600 g/mol. The summed E-state index contributed by atoms with van der Waals surface area (Å²) in [5.74, 6) is -3.32. The molecule has 2 amide bonds. The molecule has 2 aromatic rings. The molecule has 0 bridgehead atoms. The van der Waals surface area contributed by atoms with Crippen LogP contribution in [0.3, 0.4) is 0 Å². The average Bonchev–Trinajstić information content (AvgIpc) is 3.71. The van der Waals surface area contributed by atoms with Gasteiger partial charge in [-0.2, -0.15) is 9.36 Å². The second-order valence-electron chi connectivity index (χ2n) is 8.78. The van der Waals surface area contributed by atoms with Gasteiger partial charge in [0.05, 0.1) is 13.0 Å². The third-order valence-electron chi connectivity index (χ3n) is 6.07. The zero-order valence-corrected chi connectivity index (χ0v) is 23.4. The van der Waals surface area contributed by atoms with Crippen LogP contribution in [0.15, 0.2) is 33.7 Å². The fraction of sp³-hybridized carbons (Fsp3) is 0.429. The lowest BCUT2D eigenvalue weighted by molar-refractivity contribution is -0.150. The molecule has 5 rings (SSSR count). The molecule has 3 atom stereocenters. The number of aryl methyl sites for hydroxylation is 1. The molecule has 3 aliphatic rings. The van der Waals surface area contributed by atoms with Gasteiger partial charge in [-0.25, -0.2) is 9.48 Å². The number of fused-ring (bicyclic) bond motifs is 1. The number of carbonyl (C=O) groups is 4. The van der Waals surface area contributed by atoms with Crippen LogP contribution in [0.4, 0.5) is 5.13 Å². The van der Waals surface area contributed by atoms with Crippen molar-refractivity contribution in [2.45, 2.75) is 48.5 Å². The second-order valence-corrected chi connectivity index (χ2v) is 11.6. The Balaban J connectivity index is 1.28. The first-order chi connectivity index (χ1) is 19.7. The Hall–Kier alpha value is -4.04. The molecule has 41 heavy (non-hydrogen) atoms. The molecule has 1 saturated heterocycles. The van der Waals surface area contributed by atoms with Gasteiger partial charge in [0.25, 0.3) is 11.8 Å². The van der Waals surface area contributed by atoms with Gasteiger partial charge in [-0.05, 0) is 34.9 Å². The van der Waals surface area contributed by atoms with Crippen LogP contribution in [-0.4, -0.2) is 103 Å². The summed E-state index contributed by atoms with van der Waals surface area (Å²) in [4.78, 5) is 60.0. The second kappa shape index (κ2) is 12.2. The third-order valence-corrected chi connectivity index (χ3v) is 8.99. The molecular formula is C21H22N10O7S3. The summed E-state index contributed by atoms with van der Waals surface area (Å²) in [6.45, 7) is 0.0506. The maximum atomic E-state index is 13.2. The Morgan fingerprint density at radius 3 is 2.83 bits per heavy atom. The number of anilines is 1. The van der Waals surface area contributed by atoms with E-state index in [9.17, 15) is 24.3 Å². The maximum Gasteiger partial charge on any atom is 0.352 e. The van der Waals surface area contributed by atoms with E-state index < -0.39 is 35.2 Å². The Morgan fingerprint density at radius 2 is 2.15 bits per heavy atom. The number of nitrogens with one attached hydrogen (secondary N) is 1. The topological polar surface area (TPSA) is 241 Å². The summed E-state index contributed by atoms with van der Waals surface area (Å²) in [6.07, 6.45) is 4.77. The Morgan fingerprint density at radius 1 is 1.32 bits per heavy atom. The lowest BCUT2D eigenvalue weighted by atomic mass is 10.0. The van der Waals surface area contributed by atoms with Crippen LogP contribution in [0.2, 0.25) is 0 Å². The fourth-order valence-electron chi connectivity index (χ4n) is 4.13. The molecule has 1 aliphatic carbocycles. The highest BCUT2D eigenvalue weighted by Gasteiger charge is 2.54. The number of hydrogen-bond acceptors (Lipinski definition) is 15. The number of carboxylic acid groups (broad SMARTS) is 2. The van der Waals surface area contributed by atoms with Gasteiger partial charge in [0.15, 0.2) is 5.13 Å². The van der Waals surface area contributed by atoms with Crippen molar-refractivity contribution >= 4 is 69.7 Å². The minimum absolute atomic E-state index is 0.0506. The minimum Gasteiger partial charge on any atom is -0.481 e. The molecule has 0 aromatic carbocycles. The molecule has 216 valence electrons. The summed E-state index contributed by atoms with van der Waals surface area (Å²) >= 11 is 3.29. The van der Waals surface area contributed by atoms with Crippen molar-refractivity contribution < 1.29 is 34.2 Å². The van der Waals surface area contributed by atoms with Gasteiger partial charge >= 0.3 is 11.9 Å². The first-order valence-electron chi connectivity index (χ1n) is 12.0. The number of nitrogen functional groups attached to an aromatic ring is 1. The average molecular weight is 623 g/mol. The number of aromatic nitrogens is 6. The summed E-state index contributed by atoms with van der Waals surface area (Å²) in [5, 5.41) is 36.4. The van der Waals surface area contributed by atoms with E-state index in [1.54, 1.807) is 0 Å². The monoisotopic (exact) mass is 622 g/mol. The first kappa shape index (κ1) is 28.5. The van der Waals surface area contributed by atoms with E-state index in [4.69, 9.17) is 15.7 Å². The molecule has 2 unspecified atom stereocenters. The van der Waals surface area contributed by atoms with Crippen LogP contribution in [0.1, 0.15) is 25.1 Å². The van der Waals surface area contributed by atoms with Crippen LogP contribution in [0.25, 0.3) is 0 Å². The van der Waals surface area contributed by atoms with Gasteiger partial charge in [0, 0.05) is 23.0 Å². The van der Waals surface area contributed by atoms with Crippen molar-refractivity contribution in [3.8, 4) is 0 Å². The lowest BCUT2D eigenvalue weighted by Crippen LogP contribution is -2.71. The number of nitrogens with zero attached hydrogens (tertiary/aromatic N) is 8. The zero-order chi connectivity index (χ0) is 29.1. The normalized spacial score (nSPS) is 22.0. The number of allylic oxidation sites excluding steroid dienone is 1. The van der Waals surface area contributed by atoms with E-state index in [2.05, 4.69) is 35.4 Å². The maximum absolute atomic E-state index is 13.2. The van der Waals surface area contributed by atoms with Crippen LogP contribution in [-0.2, 0) is 30.6 Å². The number of oxime groups is 1. The fourth-order valence-corrected chi connectivity index (χ4v) is 6.95. The lowest BCUT2D eigenvalue weighted by Gasteiger charge is -2.49. The van der Waals surface area contributed by atoms with Crippen molar-refractivity contribution in [2.75, 3.05) is 17.2 Å². The number of thioether (sulfide) groups is 2. The number of rotatable bonds is 12. The Labute approximate surface area is 243 Å². The smallest absolute Gasteiger partial charge is 0.352 e. The molecule has 5 N–H and O–H groups in total. The number of β-lactam (4-membered cyclic amide) rings is 1. The van der Waals surface area contributed by atoms with Gasteiger partial charge in [0.1, 0.15) is 23.2 Å². The van der Waals surface area contributed by atoms with Crippen LogP contribution in [0.5, 0.6) is 0 Å². The van der Waals surface area contributed by atoms with Gasteiger partial charge < -0.3 is 26.1 Å². The van der Waals surface area contributed by atoms with Gasteiger partial charge in [-0.1, -0.05) is 23.0 Å². The van der Waals surface area contributed by atoms with E-state index >= 15 is 0 Å². The number of aliphatic carboxylic acids is 2. The molecule has 4 heterocycles. The molecule has 0 radical (unpaired) electrons. The predicted molar refractivity (Wildman–Crippen MR) is 145 cm³/mol. The van der Waals surface area contributed by atoms with Crippen LogP contribution >= 0.6 is 35.1 Å². The Kier molecular flexibility index (Phi) is 8.49. The van der Waals surface area contributed by atoms with Gasteiger partial charge in [0.2, 0.25) is 16.7 Å². The van der Waals surface area contributed by atoms with E-state index in [0.717, 1.165) is 34.6 Å². The largest absolute Gasteiger partial charge is 0.481 e. The number of tetrazole rings is 1. The number of carboxylic acids is 2. The number of nitrogens with two attached hydrogens (primary N) is 1. The van der Waals surface area contributed by atoms with Crippen molar-refractivity contribution in [1.29, 1.82) is 0 Å². The quantitative estimate of drug-likeness (QED) is 0.0770. The highest BCUT2D eigenvalue weighted by atomic mass is 32.2. The Bertz CT molecular complexity index is 1470. The molecule has 0 saturated carbocycles. The van der Waals surface area contributed by atoms with E-state index in [-0.39, 0.29) is 52.9 Å². The number of amides is 2. The highest BCUT2D eigenvalue weighted by molar-refractivity contribution is 8.01.